The van der Waals surface area contributed by atoms with Crippen molar-refractivity contribution in [2.45, 2.75) is 18.9 Å². The number of ether oxygens (including phenoxy) is 1. The number of hydrogen-bond donors (Lipinski definition) is 1. The third-order valence-corrected chi connectivity index (χ3v) is 2.12. The van der Waals surface area contributed by atoms with E-state index in [2.05, 4.69) is 4.74 Å². The second-order valence-corrected chi connectivity index (χ2v) is 3.06. The van der Waals surface area contributed by atoms with Crippen LogP contribution in [0.3, 0.4) is 0 Å². The van der Waals surface area contributed by atoms with Crippen LogP contribution in [-0.2, 0) is 9.53 Å². The largest absolute Gasteiger partial charge is 0.466 e. The van der Waals surface area contributed by atoms with Gasteiger partial charge >= 0.3 is 5.97 Å². The van der Waals surface area contributed by atoms with Crippen LogP contribution in [0.5, 0.6) is 0 Å². The van der Waals surface area contributed by atoms with Crippen LogP contribution in [0.4, 0.5) is 0 Å². The van der Waals surface area contributed by atoms with Gasteiger partial charge in [0.15, 0.2) is 0 Å². The first-order valence-corrected chi connectivity index (χ1v) is 4.33. The number of aliphatic hydroxyl groups is 1. The number of allylic oxidation sites excluding steroid dienone is 1. The molecule has 1 aliphatic rings. The molecule has 0 amide bonds. The zero-order valence-electron chi connectivity index (χ0n) is 7.64. The molecule has 13 heavy (non-hydrogen) atoms. The van der Waals surface area contributed by atoms with Gasteiger partial charge < -0.3 is 9.84 Å². The minimum absolute atomic E-state index is 0.154. The molecule has 1 rings (SSSR count). The summed E-state index contributed by atoms with van der Waals surface area (Å²) in [6.45, 7) is 0. The van der Waals surface area contributed by atoms with Crippen molar-refractivity contribution < 1.29 is 14.6 Å². The first kappa shape index (κ1) is 9.99. The van der Waals surface area contributed by atoms with Crippen LogP contribution in [0.15, 0.2) is 24.3 Å². The van der Waals surface area contributed by atoms with Crippen LogP contribution in [0.25, 0.3) is 0 Å². The summed E-state index contributed by atoms with van der Waals surface area (Å²) in [5.74, 6) is -0.197. The van der Waals surface area contributed by atoms with Crippen LogP contribution in [-0.4, -0.2) is 24.3 Å². The van der Waals surface area contributed by atoms with Gasteiger partial charge in [-0.1, -0.05) is 18.2 Å². The molecule has 0 aromatic rings. The van der Waals surface area contributed by atoms with E-state index in [1.54, 1.807) is 6.08 Å². The van der Waals surface area contributed by atoms with Crippen LogP contribution in [0.1, 0.15) is 12.8 Å². The Morgan fingerprint density at radius 1 is 1.77 bits per heavy atom. The molecule has 3 heteroatoms. The molecule has 0 saturated carbocycles. The predicted molar refractivity (Wildman–Crippen MR) is 49.0 cm³/mol. The van der Waals surface area contributed by atoms with Crippen LogP contribution in [0, 0.1) is 5.92 Å². The predicted octanol–water partition coefficient (Wildman–Crippen LogP) is 1.04. The summed E-state index contributed by atoms with van der Waals surface area (Å²) in [6.07, 6.45) is 8.17. The molecular weight excluding hydrogens is 168 g/mol. The summed E-state index contributed by atoms with van der Waals surface area (Å²) < 4.78 is 4.44. The van der Waals surface area contributed by atoms with Crippen molar-refractivity contribution >= 4 is 5.97 Å². The Bertz CT molecular complexity index is 230. The van der Waals surface area contributed by atoms with Crippen molar-refractivity contribution in [2.24, 2.45) is 5.92 Å². The number of aliphatic hydroxyl groups excluding tert-OH is 1. The van der Waals surface area contributed by atoms with Crippen molar-refractivity contribution in [1.82, 2.24) is 0 Å². The lowest BCUT2D eigenvalue weighted by Gasteiger charge is -2.09. The Kier molecular flexibility index (Phi) is 3.71. The zero-order chi connectivity index (χ0) is 9.68. The maximum absolute atomic E-state index is 10.7. The number of rotatable bonds is 3. The van der Waals surface area contributed by atoms with Gasteiger partial charge in [-0.2, -0.15) is 0 Å². The molecule has 0 unspecified atom stereocenters. The third kappa shape index (κ3) is 3.03. The van der Waals surface area contributed by atoms with Gasteiger partial charge in [-0.3, -0.25) is 0 Å². The monoisotopic (exact) mass is 182 g/mol. The van der Waals surface area contributed by atoms with Gasteiger partial charge in [0.2, 0.25) is 0 Å². The molecular formula is C10H14O3. The average Bonchev–Trinajstić information content (AvgIpc) is 2.52. The number of esters is 1. The molecule has 0 aromatic carbocycles. The summed E-state index contributed by atoms with van der Waals surface area (Å²) in [7, 11) is 1.34. The van der Waals surface area contributed by atoms with Crippen molar-refractivity contribution in [3.05, 3.63) is 24.3 Å². The molecule has 1 N–H and O–H groups in total. The van der Waals surface area contributed by atoms with Crippen LogP contribution >= 0.6 is 0 Å². The van der Waals surface area contributed by atoms with Gasteiger partial charge in [-0.05, 0) is 12.8 Å². The third-order valence-electron chi connectivity index (χ3n) is 2.12. The van der Waals surface area contributed by atoms with Crippen LogP contribution in [0.2, 0.25) is 0 Å². The van der Waals surface area contributed by atoms with Gasteiger partial charge in [0.1, 0.15) is 0 Å². The molecule has 0 aromatic heterocycles. The van der Waals surface area contributed by atoms with E-state index >= 15 is 0 Å². The molecule has 2 atom stereocenters. The van der Waals surface area contributed by atoms with Gasteiger partial charge in [0, 0.05) is 12.0 Å². The van der Waals surface area contributed by atoms with E-state index in [-0.39, 0.29) is 18.0 Å². The molecule has 0 fully saturated rings. The molecule has 0 heterocycles. The summed E-state index contributed by atoms with van der Waals surface area (Å²) in [5, 5.41) is 9.40. The number of carbonyl (C=O) groups excluding carboxylic acids is 1. The fourth-order valence-electron chi connectivity index (χ4n) is 1.32. The minimum Gasteiger partial charge on any atom is -0.466 e. The second kappa shape index (κ2) is 4.82. The molecule has 0 bridgehead atoms. The van der Waals surface area contributed by atoms with Gasteiger partial charge in [0.05, 0.1) is 13.2 Å². The first-order valence-electron chi connectivity index (χ1n) is 4.33. The lowest BCUT2D eigenvalue weighted by atomic mass is 10.0. The number of hydrogen-bond acceptors (Lipinski definition) is 3. The van der Waals surface area contributed by atoms with Crippen molar-refractivity contribution in [1.29, 1.82) is 0 Å². The van der Waals surface area contributed by atoms with Crippen molar-refractivity contribution in [3.63, 3.8) is 0 Å². The topological polar surface area (TPSA) is 46.5 Å². The fourth-order valence-corrected chi connectivity index (χ4v) is 1.32. The summed E-state index contributed by atoms with van der Waals surface area (Å²) in [4.78, 5) is 10.7. The lowest BCUT2D eigenvalue weighted by molar-refractivity contribution is -0.134. The standard InChI is InChI=1S/C10H14O3/c1-13-10(12)7-3-5-8-4-2-6-9(8)11/h2-4,7-9,11H,5-6H2,1H3/b7-3+/t8-,9-/m0/s1. The van der Waals surface area contributed by atoms with E-state index in [0.29, 0.717) is 6.42 Å². The average molecular weight is 182 g/mol. The normalized spacial score (nSPS) is 26.9. The second-order valence-electron chi connectivity index (χ2n) is 3.06. The Morgan fingerprint density at radius 2 is 2.54 bits per heavy atom. The minimum atomic E-state index is -0.350. The molecule has 3 nitrogen and oxygen atoms in total. The Labute approximate surface area is 77.7 Å². The molecule has 72 valence electrons. The Balaban J connectivity index is 2.29. The zero-order valence-corrected chi connectivity index (χ0v) is 7.64. The highest BCUT2D eigenvalue weighted by Crippen LogP contribution is 2.21. The maximum atomic E-state index is 10.7. The quantitative estimate of drug-likeness (QED) is 0.403. The molecule has 0 saturated heterocycles. The highest BCUT2D eigenvalue weighted by molar-refractivity contribution is 5.81. The maximum Gasteiger partial charge on any atom is 0.330 e. The van der Waals surface area contributed by atoms with E-state index in [0.717, 1.165) is 6.42 Å². The summed E-state index contributed by atoms with van der Waals surface area (Å²) in [5.41, 5.74) is 0. The summed E-state index contributed by atoms with van der Waals surface area (Å²) >= 11 is 0. The number of methoxy groups -OCH3 is 1. The Morgan fingerprint density at radius 3 is 3.08 bits per heavy atom. The van der Waals surface area contributed by atoms with Gasteiger partial charge in [-0.25, -0.2) is 4.79 Å². The molecule has 0 radical (unpaired) electrons. The lowest BCUT2D eigenvalue weighted by Crippen LogP contribution is -2.12. The van der Waals surface area contributed by atoms with Gasteiger partial charge in [-0.15, -0.1) is 0 Å². The van der Waals surface area contributed by atoms with Crippen molar-refractivity contribution in [3.8, 4) is 0 Å². The fraction of sp³-hybridized carbons (Fsp3) is 0.500. The molecule has 1 aliphatic carbocycles. The van der Waals surface area contributed by atoms with E-state index < -0.39 is 0 Å². The van der Waals surface area contributed by atoms with Crippen molar-refractivity contribution in [2.75, 3.05) is 7.11 Å². The SMILES string of the molecule is COC(=O)/C=C/C[C@@H]1C=CC[C@@H]1O. The van der Waals surface area contributed by atoms with E-state index in [1.165, 1.54) is 13.2 Å². The number of carbonyl (C=O) groups is 1. The van der Waals surface area contributed by atoms with Crippen LogP contribution < -0.4 is 0 Å². The Hall–Kier alpha value is -1.09. The van der Waals surface area contributed by atoms with E-state index in [4.69, 9.17) is 0 Å². The molecule has 0 spiro atoms. The smallest absolute Gasteiger partial charge is 0.330 e. The van der Waals surface area contributed by atoms with E-state index in [9.17, 15) is 9.90 Å². The van der Waals surface area contributed by atoms with E-state index in [1.807, 2.05) is 12.2 Å². The first-order chi connectivity index (χ1) is 6.24. The van der Waals surface area contributed by atoms with Gasteiger partial charge in [0.25, 0.3) is 0 Å². The summed E-state index contributed by atoms with van der Waals surface area (Å²) in [6, 6.07) is 0. The highest BCUT2D eigenvalue weighted by atomic mass is 16.5. The molecule has 0 aliphatic heterocycles. The highest BCUT2D eigenvalue weighted by Gasteiger charge is 2.18.